The van der Waals surface area contributed by atoms with Gasteiger partial charge in [-0.15, -0.1) is 0 Å². The van der Waals surface area contributed by atoms with Gasteiger partial charge in [-0.2, -0.15) is 0 Å². The molecule has 0 heterocycles. The van der Waals surface area contributed by atoms with Crippen LogP contribution in [0, 0.1) is 29.4 Å². The Kier molecular flexibility index (Phi) is 5.29. The van der Waals surface area contributed by atoms with Crippen molar-refractivity contribution in [1.82, 2.24) is 0 Å². The summed E-state index contributed by atoms with van der Waals surface area (Å²) in [7, 11) is 0. The molecular formula is C24H30F2. The molecule has 2 unspecified atom stereocenters. The second-order valence-electron chi connectivity index (χ2n) is 8.69. The minimum atomic E-state index is -0.759. The molecule has 2 aliphatic rings. The summed E-state index contributed by atoms with van der Waals surface area (Å²) >= 11 is 0. The van der Waals surface area contributed by atoms with Crippen LogP contribution in [0.5, 0.6) is 0 Å². The summed E-state index contributed by atoms with van der Waals surface area (Å²) in [6, 6.07) is 8.85. The van der Waals surface area contributed by atoms with Gasteiger partial charge in [0.05, 0.1) is 0 Å². The Bertz CT molecular complexity index is 766. The molecule has 0 aromatic heterocycles. The van der Waals surface area contributed by atoms with Gasteiger partial charge in [0, 0.05) is 5.39 Å². The number of benzene rings is 2. The van der Waals surface area contributed by atoms with Gasteiger partial charge in [0.25, 0.3) is 0 Å². The highest BCUT2D eigenvalue weighted by atomic mass is 19.2. The van der Waals surface area contributed by atoms with Gasteiger partial charge >= 0.3 is 0 Å². The second-order valence-corrected chi connectivity index (χ2v) is 8.69. The highest BCUT2D eigenvalue weighted by Gasteiger charge is 2.35. The van der Waals surface area contributed by atoms with Crippen molar-refractivity contribution in [2.45, 2.75) is 70.6 Å². The fourth-order valence-electron chi connectivity index (χ4n) is 5.58. The summed E-state index contributed by atoms with van der Waals surface area (Å²) in [4.78, 5) is 0. The maximum absolute atomic E-state index is 13.9. The summed E-state index contributed by atoms with van der Waals surface area (Å²) in [5, 5.41) is 1.23. The zero-order valence-corrected chi connectivity index (χ0v) is 15.8. The number of halogens is 2. The zero-order chi connectivity index (χ0) is 18.1. The predicted octanol–water partition coefficient (Wildman–Crippen LogP) is 7.61. The van der Waals surface area contributed by atoms with Crippen LogP contribution >= 0.6 is 0 Å². The van der Waals surface area contributed by atoms with Crippen LogP contribution in [0.2, 0.25) is 0 Å². The van der Waals surface area contributed by atoms with Gasteiger partial charge in [0.2, 0.25) is 0 Å². The van der Waals surface area contributed by atoms with Crippen LogP contribution in [-0.4, -0.2) is 0 Å². The number of hydrogen-bond acceptors (Lipinski definition) is 0. The van der Waals surface area contributed by atoms with Gasteiger partial charge in [0.15, 0.2) is 11.6 Å². The van der Waals surface area contributed by atoms with Crippen LogP contribution in [0.25, 0.3) is 10.8 Å². The third-order valence-corrected chi connectivity index (χ3v) is 7.09. The predicted molar refractivity (Wildman–Crippen MR) is 104 cm³/mol. The molecule has 4 rings (SSSR count). The Morgan fingerprint density at radius 2 is 1.73 bits per heavy atom. The SMILES string of the molecule is CCCC[C@@H]1CC[C@@H]2CC(c3ccc4c(F)c(F)ccc4c3)CCC2C1. The molecule has 0 amide bonds. The Labute approximate surface area is 156 Å². The molecule has 2 aliphatic carbocycles. The molecule has 2 aromatic carbocycles. The quantitative estimate of drug-likeness (QED) is 0.529. The molecule has 0 N–H and O–H groups in total. The normalized spacial score (nSPS) is 28.9. The lowest BCUT2D eigenvalue weighted by Crippen LogP contribution is -2.30. The Morgan fingerprint density at radius 3 is 2.58 bits per heavy atom. The molecule has 0 spiro atoms. The molecule has 0 radical (unpaired) electrons. The molecule has 0 nitrogen and oxygen atoms in total. The first-order valence-electron chi connectivity index (χ1n) is 10.5. The van der Waals surface area contributed by atoms with E-state index in [0.29, 0.717) is 11.3 Å². The van der Waals surface area contributed by atoms with Crippen LogP contribution < -0.4 is 0 Å². The smallest absolute Gasteiger partial charge is 0.166 e. The minimum Gasteiger partial charge on any atom is -0.204 e. The highest BCUT2D eigenvalue weighted by molar-refractivity contribution is 5.84. The highest BCUT2D eigenvalue weighted by Crippen LogP contribution is 2.48. The van der Waals surface area contributed by atoms with Crippen molar-refractivity contribution in [3.8, 4) is 0 Å². The van der Waals surface area contributed by atoms with Crippen molar-refractivity contribution in [3.63, 3.8) is 0 Å². The first-order valence-corrected chi connectivity index (χ1v) is 10.5. The molecule has 2 fully saturated rings. The summed E-state index contributed by atoms with van der Waals surface area (Å²) in [6.07, 6.45) is 12.2. The van der Waals surface area contributed by atoms with E-state index in [2.05, 4.69) is 13.0 Å². The van der Waals surface area contributed by atoms with E-state index >= 15 is 0 Å². The van der Waals surface area contributed by atoms with Crippen LogP contribution in [-0.2, 0) is 0 Å². The van der Waals surface area contributed by atoms with Crippen molar-refractivity contribution in [2.75, 3.05) is 0 Å². The number of unbranched alkanes of at least 4 members (excludes halogenated alkanes) is 1. The number of fused-ring (bicyclic) bond motifs is 2. The first-order chi connectivity index (χ1) is 12.7. The fraction of sp³-hybridized carbons (Fsp3) is 0.583. The maximum Gasteiger partial charge on any atom is 0.166 e. The van der Waals surface area contributed by atoms with Crippen molar-refractivity contribution in [3.05, 3.63) is 47.5 Å². The van der Waals surface area contributed by atoms with Crippen molar-refractivity contribution < 1.29 is 8.78 Å². The van der Waals surface area contributed by atoms with Crippen LogP contribution in [0.4, 0.5) is 8.78 Å². The molecule has 0 bridgehead atoms. The van der Waals surface area contributed by atoms with Gasteiger partial charge in [-0.25, -0.2) is 8.78 Å². The third kappa shape index (κ3) is 3.52. The molecule has 0 aliphatic heterocycles. The van der Waals surface area contributed by atoms with Crippen LogP contribution in [0.15, 0.2) is 30.3 Å². The average molecular weight is 357 g/mol. The van der Waals surface area contributed by atoms with Crippen LogP contribution in [0.1, 0.15) is 76.2 Å². The van der Waals surface area contributed by atoms with Crippen molar-refractivity contribution in [2.24, 2.45) is 17.8 Å². The van der Waals surface area contributed by atoms with E-state index in [9.17, 15) is 8.78 Å². The summed E-state index contributed by atoms with van der Waals surface area (Å²) in [5.74, 6) is 1.86. The van der Waals surface area contributed by atoms with E-state index < -0.39 is 11.6 Å². The van der Waals surface area contributed by atoms with E-state index in [-0.39, 0.29) is 0 Å². The molecule has 0 saturated heterocycles. The largest absolute Gasteiger partial charge is 0.204 e. The average Bonchev–Trinajstić information content (AvgIpc) is 2.68. The number of rotatable bonds is 4. The van der Waals surface area contributed by atoms with E-state index in [4.69, 9.17) is 0 Å². The van der Waals surface area contributed by atoms with Gasteiger partial charge < -0.3 is 0 Å². The van der Waals surface area contributed by atoms with Gasteiger partial charge in [-0.3, -0.25) is 0 Å². The van der Waals surface area contributed by atoms with Gasteiger partial charge in [-0.1, -0.05) is 56.9 Å². The molecule has 4 atom stereocenters. The summed E-state index contributed by atoms with van der Waals surface area (Å²) < 4.78 is 27.4. The molecule has 140 valence electrons. The minimum absolute atomic E-state index is 0.402. The van der Waals surface area contributed by atoms with Crippen molar-refractivity contribution in [1.29, 1.82) is 0 Å². The maximum atomic E-state index is 13.9. The van der Waals surface area contributed by atoms with Gasteiger partial charge in [-0.05, 0) is 72.8 Å². The molecule has 2 saturated carbocycles. The lowest BCUT2D eigenvalue weighted by Gasteiger charge is -2.42. The monoisotopic (exact) mass is 356 g/mol. The standard InChI is InChI=1S/C24H30F2/c1-2-3-4-16-5-6-18-14-19(8-7-17(18)13-16)20-9-11-22-21(15-20)10-12-23(25)24(22)26/h9-12,15-19H,2-8,13-14H2,1H3/t16-,17?,18-,19?/m1/s1. The number of hydrogen-bond donors (Lipinski definition) is 0. The van der Waals surface area contributed by atoms with E-state index in [1.807, 2.05) is 6.07 Å². The van der Waals surface area contributed by atoms with Crippen molar-refractivity contribution >= 4 is 10.8 Å². The lowest BCUT2D eigenvalue weighted by molar-refractivity contribution is 0.113. The topological polar surface area (TPSA) is 0 Å². The zero-order valence-electron chi connectivity index (χ0n) is 15.8. The molecule has 2 heteroatoms. The summed E-state index contributed by atoms with van der Waals surface area (Å²) in [5.41, 5.74) is 1.31. The molecule has 26 heavy (non-hydrogen) atoms. The van der Waals surface area contributed by atoms with E-state index in [1.165, 1.54) is 69.4 Å². The Hall–Kier alpha value is -1.44. The first kappa shape index (κ1) is 17.9. The molecule has 2 aromatic rings. The summed E-state index contributed by atoms with van der Waals surface area (Å²) in [6.45, 7) is 2.29. The Morgan fingerprint density at radius 1 is 0.923 bits per heavy atom. The second kappa shape index (κ2) is 7.66. The Balaban J connectivity index is 1.46. The fourth-order valence-corrected chi connectivity index (χ4v) is 5.58. The van der Waals surface area contributed by atoms with E-state index in [0.717, 1.165) is 23.1 Å². The lowest BCUT2D eigenvalue weighted by atomic mass is 9.63. The van der Waals surface area contributed by atoms with E-state index in [1.54, 1.807) is 12.1 Å². The molecular weight excluding hydrogens is 326 g/mol. The van der Waals surface area contributed by atoms with Gasteiger partial charge in [0.1, 0.15) is 0 Å². The van der Waals surface area contributed by atoms with Crippen LogP contribution in [0.3, 0.4) is 0 Å². The third-order valence-electron chi connectivity index (χ3n) is 7.09.